The Hall–Kier alpha value is -3.95. The lowest BCUT2D eigenvalue weighted by atomic mass is 10.1. The number of carbonyl (C=O) groups is 2. The van der Waals surface area contributed by atoms with Crippen molar-refractivity contribution in [1.82, 2.24) is 19.9 Å². The smallest absolute Gasteiger partial charge is 0.246 e. The van der Waals surface area contributed by atoms with E-state index in [1.807, 2.05) is 60.7 Å². The Bertz CT molecular complexity index is 1400. The number of halogens is 1. The zero-order valence-corrected chi connectivity index (χ0v) is 21.8. The number of nitrogens with zero attached hydrogens (tertiary/aromatic N) is 5. The molecule has 0 aliphatic carbocycles. The Morgan fingerprint density at radius 2 is 1.74 bits per heavy atom. The molecule has 0 spiro atoms. The van der Waals surface area contributed by atoms with E-state index >= 15 is 0 Å². The van der Waals surface area contributed by atoms with Crippen LogP contribution in [-0.2, 0) is 27.4 Å². The van der Waals surface area contributed by atoms with Crippen molar-refractivity contribution < 1.29 is 14.3 Å². The van der Waals surface area contributed by atoms with Gasteiger partial charge in [-0.25, -0.2) is 4.68 Å². The second-order valence-electron chi connectivity index (χ2n) is 9.20. The van der Waals surface area contributed by atoms with Gasteiger partial charge in [0.05, 0.1) is 18.7 Å². The zero-order valence-electron chi connectivity index (χ0n) is 21.1. The van der Waals surface area contributed by atoms with Crippen LogP contribution in [0.3, 0.4) is 0 Å². The molecule has 9 nitrogen and oxygen atoms in total. The number of hydrogen-bond donors (Lipinski definition) is 1. The van der Waals surface area contributed by atoms with E-state index in [1.54, 1.807) is 28.6 Å². The second-order valence-corrected chi connectivity index (χ2v) is 9.63. The zero-order chi connectivity index (χ0) is 26.5. The van der Waals surface area contributed by atoms with E-state index in [9.17, 15) is 9.59 Å². The minimum Gasteiger partial charge on any atom is -0.378 e. The Morgan fingerprint density at radius 3 is 2.47 bits per heavy atom. The number of anilines is 2. The van der Waals surface area contributed by atoms with Crippen LogP contribution in [0, 0.1) is 0 Å². The van der Waals surface area contributed by atoms with Crippen LogP contribution in [0.15, 0.2) is 72.8 Å². The standard InChI is InChI=1S/C28H29ClN6O3/c1-20(28(37)30-23-10-12-24(13-11-23)33-14-16-38-17-15-33)34(18-21-6-8-22(29)9-7-21)27(36)19-35-26-5-3-2-4-25(26)31-32-35/h2-13,20H,14-19H2,1H3,(H,30,37). The average molecular weight is 533 g/mol. The van der Waals surface area contributed by atoms with E-state index in [1.165, 1.54) is 0 Å². The van der Waals surface area contributed by atoms with Gasteiger partial charge in [0, 0.05) is 36.0 Å². The maximum absolute atomic E-state index is 13.6. The lowest BCUT2D eigenvalue weighted by Crippen LogP contribution is -2.46. The molecule has 4 aromatic rings. The Balaban J connectivity index is 1.32. The largest absolute Gasteiger partial charge is 0.378 e. The second kappa shape index (κ2) is 11.6. The van der Waals surface area contributed by atoms with Gasteiger partial charge in [-0.15, -0.1) is 5.10 Å². The van der Waals surface area contributed by atoms with E-state index < -0.39 is 6.04 Å². The van der Waals surface area contributed by atoms with Gasteiger partial charge >= 0.3 is 0 Å². The van der Waals surface area contributed by atoms with Crippen LogP contribution < -0.4 is 10.2 Å². The summed E-state index contributed by atoms with van der Waals surface area (Å²) in [7, 11) is 0. The lowest BCUT2D eigenvalue weighted by Gasteiger charge is -2.29. The normalized spacial score (nSPS) is 14.3. The van der Waals surface area contributed by atoms with Gasteiger partial charge in [0.2, 0.25) is 11.8 Å². The van der Waals surface area contributed by atoms with Crippen molar-refractivity contribution in [2.24, 2.45) is 0 Å². The highest BCUT2D eigenvalue weighted by atomic mass is 35.5. The summed E-state index contributed by atoms with van der Waals surface area (Å²) in [6.45, 7) is 5.02. The van der Waals surface area contributed by atoms with E-state index in [2.05, 4.69) is 20.5 Å². The Morgan fingerprint density at radius 1 is 1.03 bits per heavy atom. The third kappa shape index (κ3) is 5.95. The molecule has 1 fully saturated rings. The number of nitrogens with one attached hydrogen (secondary N) is 1. The number of amides is 2. The number of rotatable bonds is 8. The van der Waals surface area contributed by atoms with E-state index in [-0.39, 0.29) is 24.9 Å². The number of hydrogen-bond acceptors (Lipinski definition) is 6. The molecule has 1 aliphatic rings. The number of morpholine rings is 1. The van der Waals surface area contributed by atoms with E-state index in [0.717, 1.165) is 29.9 Å². The molecule has 10 heteroatoms. The van der Waals surface area contributed by atoms with Crippen LogP contribution in [0.2, 0.25) is 5.02 Å². The fraction of sp³-hybridized carbons (Fsp3) is 0.286. The van der Waals surface area contributed by atoms with Gasteiger partial charge in [-0.1, -0.05) is 41.1 Å². The summed E-state index contributed by atoms with van der Waals surface area (Å²) in [6.07, 6.45) is 0. The summed E-state index contributed by atoms with van der Waals surface area (Å²) in [5.41, 5.74) is 4.07. The van der Waals surface area contributed by atoms with Crippen molar-refractivity contribution in [1.29, 1.82) is 0 Å². The van der Waals surface area contributed by atoms with Crippen LogP contribution in [0.4, 0.5) is 11.4 Å². The van der Waals surface area contributed by atoms with Crippen LogP contribution in [-0.4, -0.2) is 64.1 Å². The van der Waals surface area contributed by atoms with E-state index in [4.69, 9.17) is 16.3 Å². The highest BCUT2D eigenvalue weighted by Crippen LogP contribution is 2.20. The molecule has 1 aromatic heterocycles. The molecule has 0 bridgehead atoms. The molecule has 1 atom stereocenters. The summed E-state index contributed by atoms with van der Waals surface area (Å²) in [6, 6.07) is 21.7. The van der Waals surface area contributed by atoms with Gasteiger partial charge in [0.15, 0.2) is 0 Å². The van der Waals surface area contributed by atoms with Crippen LogP contribution in [0.1, 0.15) is 12.5 Å². The summed E-state index contributed by atoms with van der Waals surface area (Å²) in [5.74, 6) is -0.532. The van der Waals surface area contributed by atoms with Gasteiger partial charge in [-0.2, -0.15) is 0 Å². The first-order valence-corrected chi connectivity index (χ1v) is 12.9. The van der Waals surface area contributed by atoms with Crippen molar-refractivity contribution >= 4 is 45.8 Å². The molecule has 1 unspecified atom stereocenters. The number of ether oxygens (including phenoxy) is 1. The first-order chi connectivity index (χ1) is 18.5. The van der Waals surface area contributed by atoms with Gasteiger partial charge in [-0.3, -0.25) is 9.59 Å². The molecule has 3 aromatic carbocycles. The maximum Gasteiger partial charge on any atom is 0.246 e. The van der Waals surface area contributed by atoms with Gasteiger partial charge in [0.25, 0.3) is 0 Å². The highest BCUT2D eigenvalue weighted by molar-refractivity contribution is 6.30. The first kappa shape index (κ1) is 25.7. The molecule has 196 valence electrons. The fourth-order valence-corrected chi connectivity index (χ4v) is 4.57. The number of aromatic nitrogens is 3. The van der Waals surface area contributed by atoms with Crippen molar-refractivity contribution in [2.45, 2.75) is 26.1 Å². The minimum atomic E-state index is -0.744. The molecule has 1 aliphatic heterocycles. The Labute approximate surface area is 225 Å². The first-order valence-electron chi connectivity index (χ1n) is 12.5. The highest BCUT2D eigenvalue weighted by Gasteiger charge is 2.27. The van der Waals surface area contributed by atoms with E-state index in [0.29, 0.717) is 29.4 Å². The minimum absolute atomic E-state index is 0.0417. The molecule has 5 rings (SSSR count). The molecular weight excluding hydrogens is 504 g/mol. The third-order valence-electron chi connectivity index (χ3n) is 6.65. The van der Waals surface area contributed by atoms with Crippen LogP contribution in [0.25, 0.3) is 11.0 Å². The summed E-state index contributed by atoms with van der Waals surface area (Å²) in [4.78, 5) is 30.7. The number of benzene rings is 3. The molecule has 1 N–H and O–H groups in total. The predicted molar refractivity (Wildman–Crippen MR) is 147 cm³/mol. The third-order valence-corrected chi connectivity index (χ3v) is 6.90. The Kier molecular flexibility index (Phi) is 7.86. The summed E-state index contributed by atoms with van der Waals surface area (Å²) >= 11 is 6.05. The quantitative estimate of drug-likeness (QED) is 0.369. The van der Waals surface area contributed by atoms with Gasteiger partial charge in [0.1, 0.15) is 18.1 Å². The topological polar surface area (TPSA) is 92.6 Å². The van der Waals surface area contributed by atoms with Gasteiger partial charge < -0.3 is 19.9 Å². The maximum atomic E-state index is 13.6. The SMILES string of the molecule is CC(C(=O)Nc1ccc(N2CCOCC2)cc1)N(Cc1ccc(Cl)cc1)C(=O)Cn1nnc2ccccc21. The average Bonchev–Trinajstić information content (AvgIpc) is 3.36. The van der Waals surface area contributed by atoms with Crippen LogP contribution >= 0.6 is 11.6 Å². The molecular formula is C28H29ClN6O3. The van der Waals surface area contributed by atoms with Crippen LogP contribution in [0.5, 0.6) is 0 Å². The van der Waals surface area contributed by atoms with Crippen molar-refractivity contribution in [3.8, 4) is 0 Å². The predicted octanol–water partition coefficient (Wildman–Crippen LogP) is 3.98. The molecule has 38 heavy (non-hydrogen) atoms. The molecule has 0 saturated carbocycles. The molecule has 2 heterocycles. The van der Waals surface area contributed by atoms with Crippen molar-refractivity contribution in [3.05, 3.63) is 83.4 Å². The fourth-order valence-electron chi connectivity index (χ4n) is 4.45. The summed E-state index contributed by atoms with van der Waals surface area (Å²) in [5, 5.41) is 11.8. The number of para-hydroxylation sites is 1. The lowest BCUT2D eigenvalue weighted by molar-refractivity contribution is -0.139. The summed E-state index contributed by atoms with van der Waals surface area (Å²) < 4.78 is 6.98. The van der Waals surface area contributed by atoms with Gasteiger partial charge in [-0.05, 0) is 61.0 Å². The number of fused-ring (bicyclic) bond motifs is 1. The molecule has 0 radical (unpaired) electrons. The monoisotopic (exact) mass is 532 g/mol. The number of carbonyl (C=O) groups excluding carboxylic acids is 2. The van der Waals surface area contributed by atoms with Crippen molar-refractivity contribution in [3.63, 3.8) is 0 Å². The molecule has 1 saturated heterocycles. The van der Waals surface area contributed by atoms with Crippen molar-refractivity contribution in [2.75, 3.05) is 36.5 Å². The molecule has 2 amide bonds.